The molecule has 0 aromatic carbocycles. The van der Waals surface area contributed by atoms with Gasteiger partial charge in [0, 0.05) is 0 Å². The monoisotopic (exact) mass is 222 g/mol. The fourth-order valence-corrected chi connectivity index (χ4v) is 0.575. The predicted molar refractivity (Wildman–Crippen MR) is 48.9 cm³/mol. The zero-order valence-electron chi connectivity index (χ0n) is 7.48. The zero-order chi connectivity index (χ0) is 9.07. The Balaban J connectivity index is 4.02. The lowest BCUT2D eigenvalue weighted by Crippen LogP contribution is -2.31. The Hall–Kier alpha value is -0.0500. The van der Waals surface area contributed by atoms with Crippen molar-refractivity contribution in [3.8, 4) is 0 Å². The van der Waals surface area contributed by atoms with Crippen molar-refractivity contribution in [3.63, 3.8) is 0 Å². The smallest absolute Gasteiger partial charge is 0.322 e. The number of ether oxygens (including phenoxy) is 1. The summed E-state index contributed by atoms with van der Waals surface area (Å²) in [5, 5.41) is 0. The van der Waals surface area contributed by atoms with Crippen molar-refractivity contribution in [2.24, 2.45) is 0 Å². The highest BCUT2D eigenvalue weighted by Gasteiger charge is 2.29. The molecule has 2 nitrogen and oxygen atoms in total. The van der Waals surface area contributed by atoms with Crippen LogP contribution in [0, 0.1) is 0 Å². The second kappa shape index (κ2) is 4.10. The molecule has 0 saturated heterocycles. The molecule has 0 aliphatic carbocycles. The second-order valence-corrected chi connectivity index (χ2v) is 4.76. The van der Waals surface area contributed by atoms with Crippen LogP contribution in [-0.2, 0) is 9.53 Å². The van der Waals surface area contributed by atoms with Gasteiger partial charge in [-0.1, -0.05) is 22.9 Å². The lowest BCUT2D eigenvalue weighted by molar-refractivity contribution is -0.149. The number of hydrogen-bond donors (Lipinski definition) is 0. The van der Waals surface area contributed by atoms with E-state index in [2.05, 4.69) is 15.9 Å². The molecule has 0 spiro atoms. The third-order valence-electron chi connectivity index (χ3n) is 1.43. The largest absolute Gasteiger partial charge is 0.462 e. The van der Waals surface area contributed by atoms with Gasteiger partial charge in [0.2, 0.25) is 0 Å². The van der Waals surface area contributed by atoms with E-state index in [9.17, 15) is 4.79 Å². The maximum atomic E-state index is 11.2. The average Bonchev–Trinajstić information content (AvgIpc) is 1.86. The molecule has 0 aliphatic rings. The van der Waals surface area contributed by atoms with Gasteiger partial charge in [-0.3, -0.25) is 4.79 Å². The zero-order valence-corrected chi connectivity index (χ0v) is 9.06. The minimum Gasteiger partial charge on any atom is -0.462 e. The maximum Gasteiger partial charge on any atom is 0.322 e. The Morgan fingerprint density at radius 3 is 2.36 bits per heavy atom. The number of alkyl halides is 1. The Morgan fingerprint density at radius 1 is 1.64 bits per heavy atom. The molecule has 3 heteroatoms. The van der Waals surface area contributed by atoms with E-state index in [1.807, 2.05) is 27.7 Å². The van der Waals surface area contributed by atoms with Gasteiger partial charge in [-0.15, -0.1) is 0 Å². The third-order valence-corrected chi connectivity index (χ3v) is 2.32. The molecule has 0 aromatic heterocycles. The molecule has 1 atom stereocenters. The Labute approximate surface area is 76.4 Å². The molecule has 0 amide bonds. The number of rotatable bonds is 3. The molecule has 0 fully saturated rings. The van der Waals surface area contributed by atoms with Crippen molar-refractivity contribution in [2.45, 2.75) is 44.5 Å². The molecule has 11 heavy (non-hydrogen) atoms. The Bertz CT molecular complexity index is 141. The van der Waals surface area contributed by atoms with Gasteiger partial charge in [0.1, 0.15) is 4.32 Å². The molecule has 0 aromatic rings. The summed E-state index contributed by atoms with van der Waals surface area (Å²) in [6, 6.07) is 0. The van der Waals surface area contributed by atoms with Crippen LogP contribution in [0.4, 0.5) is 0 Å². The minimum atomic E-state index is -0.517. The van der Waals surface area contributed by atoms with Crippen molar-refractivity contribution < 1.29 is 9.53 Å². The standard InChI is InChI=1S/C8H15BrO2/c1-5-8(4,9)7(10)11-6(2)3/h6H,5H2,1-4H3. The molecule has 0 bridgehead atoms. The normalized spacial score (nSPS) is 16.2. The van der Waals surface area contributed by atoms with Crippen molar-refractivity contribution in [1.29, 1.82) is 0 Å². The summed E-state index contributed by atoms with van der Waals surface area (Å²) in [5.41, 5.74) is 0. The van der Waals surface area contributed by atoms with E-state index in [1.54, 1.807) is 0 Å². The molecule has 0 rings (SSSR count). The van der Waals surface area contributed by atoms with Crippen LogP contribution < -0.4 is 0 Å². The van der Waals surface area contributed by atoms with Crippen molar-refractivity contribution in [2.75, 3.05) is 0 Å². The van der Waals surface area contributed by atoms with E-state index in [-0.39, 0.29) is 12.1 Å². The van der Waals surface area contributed by atoms with E-state index in [1.165, 1.54) is 0 Å². The number of carbonyl (C=O) groups excluding carboxylic acids is 1. The quantitative estimate of drug-likeness (QED) is 0.542. The summed E-state index contributed by atoms with van der Waals surface area (Å²) < 4.78 is 4.50. The number of halogens is 1. The summed E-state index contributed by atoms with van der Waals surface area (Å²) >= 11 is 3.30. The molecule has 1 unspecified atom stereocenters. The SMILES string of the molecule is CCC(C)(Br)C(=O)OC(C)C. The third kappa shape index (κ3) is 3.75. The van der Waals surface area contributed by atoms with Gasteiger partial charge < -0.3 is 4.74 Å². The van der Waals surface area contributed by atoms with Crippen LogP contribution in [0.2, 0.25) is 0 Å². The molecule has 0 N–H and O–H groups in total. The summed E-state index contributed by atoms with van der Waals surface area (Å²) in [5.74, 6) is -0.185. The Kier molecular flexibility index (Phi) is 4.08. The van der Waals surface area contributed by atoms with Gasteiger partial charge in [-0.05, 0) is 27.2 Å². The van der Waals surface area contributed by atoms with Gasteiger partial charge >= 0.3 is 5.97 Å². The lowest BCUT2D eigenvalue weighted by Gasteiger charge is -2.19. The van der Waals surface area contributed by atoms with Gasteiger partial charge in [0.15, 0.2) is 0 Å². The number of esters is 1. The van der Waals surface area contributed by atoms with Crippen molar-refractivity contribution in [1.82, 2.24) is 0 Å². The summed E-state index contributed by atoms with van der Waals surface area (Å²) in [7, 11) is 0. The average molecular weight is 223 g/mol. The fourth-order valence-electron chi connectivity index (χ4n) is 0.481. The van der Waals surface area contributed by atoms with Crippen LogP contribution in [0.5, 0.6) is 0 Å². The van der Waals surface area contributed by atoms with E-state index >= 15 is 0 Å². The summed E-state index contributed by atoms with van der Waals surface area (Å²) in [6.07, 6.45) is 0.698. The highest BCUT2D eigenvalue weighted by Crippen LogP contribution is 2.23. The van der Waals surface area contributed by atoms with Crippen LogP contribution >= 0.6 is 15.9 Å². The molecule has 0 aliphatic heterocycles. The van der Waals surface area contributed by atoms with Crippen LogP contribution in [0.25, 0.3) is 0 Å². The van der Waals surface area contributed by atoms with E-state index in [0.717, 1.165) is 6.42 Å². The molecular weight excluding hydrogens is 208 g/mol. The highest BCUT2D eigenvalue weighted by atomic mass is 79.9. The highest BCUT2D eigenvalue weighted by molar-refractivity contribution is 9.10. The van der Waals surface area contributed by atoms with E-state index in [0.29, 0.717) is 0 Å². The maximum absolute atomic E-state index is 11.2. The molecule has 0 radical (unpaired) electrons. The van der Waals surface area contributed by atoms with Crippen molar-refractivity contribution >= 4 is 21.9 Å². The first-order valence-electron chi connectivity index (χ1n) is 3.80. The molecular formula is C8H15BrO2. The van der Waals surface area contributed by atoms with E-state index in [4.69, 9.17) is 4.74 Å². The molecule has 66 valence electrons. The van der Waals surface area contributed by atoms with Crippen LogP contribution in [0.15, 0.2) is 0 Å². The van der Waals surface area contributed by atoms with Crippen molar-refractivity contribution in [3.05, 3.63) is 0 Å². The van der Waals surface area contributed by atoms with Gasteiger partial charge in [-0.2, -0.15) is 0 Å². The first-order chi connectivity index (χ1) is 4.90. The fraction of sp³-hybridized carbons (Fsp3) is 0.875. The van der Waals surface area contributed by atoms with Gasteiger partial charge in [0.05, 0.1) is 6.10 Å². The van der Waals surface area contributed by atoms with Crippen LogP contribution in [0.1, 0.15) is 34.1 Å². The lowest BCUT2D eigenvalue weighted by atomic mass is 10.1. The van der Waals surface area contributed by atoms with Crippen LogP contribution in [0.3, 0.4) is 0 Å². The van der Waals surface area contributed by atoms with Gasteiger partial charge in [-0.25, -0.2) is 0 Å². The molecule has 0 heterocycles. The topological polar surface area (TPSA) is 26.3 Å². The first-order valence-corrected chi connectivity index (χ1v) is 4.59. The van der Waals surface area contributed by atoms with Gasteiger partial charge in [0.25, 0.3) is 0 Å². The number of hydrogen-bond acceptors (Lipinski definition) is 2. The second-order valence-electron chi connectivity index (χ2n) is 3.01. The summed E-state index contributed by atoms with van der Waals surface area (Å²) in [4.78, 5) is 11.2. The predicted octanol–water partition coefficient (Wildman–Crippen LogP) is 2.50. The van der Waals surface area contributed by atoms with E-state index < -0.39 is 4.32 Å². The summed E-state index contributed by atoms with van der Waals surface area (Å²) in [6.45, 7) is 7.45. The Morgan fingerprint density at radius 2 is 2.09 bits per heavy atom. The molecule has 0 saturated carbocycles. The van der Waals surface area contributed by atoms with Crippen LogP contribution in [-0.4, -0.2) is 16.4 Å². The minimum absolute atomic E-state index is 0.0362. The number of carbonyl (C=O) groups is 1. The first kappa shape index (κ1) is 11.0.